The average molecular weight is 302 g/mol. The molecular formula is C13H13Cl2NO3. The van der Waals surface area contributed by atoms with Crippen molar-refractivity contribution in [3.63, 3.8) is 0 Å². The standard InChI is InChI=1S/C13H13Cl2NO3/c1-2-19-13(18)6-5-12(17)16-8-9-3-4-10(14)7-11(9)15/h3-7H,2,8H2,1H3,(H,16,17)/b6-5+. The third-order valence-corrected chi connectivity index (χ3v) is 2.71. The van der Waals surface area contributed by atoms with Crippen LogP contribution < -0.4 is 5.32 Å². The fraction of sp³-hybridized carbons (Fsp3) is 0.231. The molecule has 0 saturated heterocycles. The number of esters is 1. The van der Waals surface area contributed by atoms with Crippen molar-refractivity contribution in [1.82, 2.24) is 5.32 Å². The summed E-state index contributed by atoms with van der Waals surface area (Å²) in [6, 6.07) is 5.00. The zero-order valence-electron chi connectivity index (χ0n) is 10.3. The van der Waals surface area contributed by atoms with Crippen LogP contribution in [0.4, 0.5) is 0 Å². The van der Waals surface area contributed by atoms with Gasteiger partial charge in [-0.25, -0.2) is 4.79 Å². The van der Waals surface area contributed by atoms with E-state index in [0.717, 1.165) is 17.7 Å². The molecule has 0 fully saturated rings. The van der Waals surface area contributed by atoms with E-state index in [0.29, 0.717) is 10.0 Å². The summed E-state index contributed by atoms with van der Waals surface area (Å²) in [5.74, 6) is -0.957. The van der Waals surface area contributed by atoms with Crippen molar-refractivity contribution in [2.24, 2.45) is 0 Å². The molecule has 1 amide bonds. The molecule has 0 spiro atoms. The summed E-state index contributed by atoms with van der Waals surface area (Å²) >= 11 is 11.7. The fourth-order valence-electron chi connectivity index (χ4n) is 1.24. The Kier molecular flexibility index (Phi) is 6.39. The first kappa shape index (κ1) is 15.5. The van der Waals surface area contributed by atoms with Crippen LogP contribution in [0.1, 0.15) is 12.5 Å². The molecule has 1 rings (SSSR count). The number of carbonyl (C=O) groups excluding carboxylic acids is 2. The quantitative estimate of drug-likeness (QED) is 0.672. The van der Waals surface area contributed by atoms with Crippen molar-refractivity contribution < 1.29 is 14.3 Å². The molecule has 19 heavy (non-hydrogen) atoms. The van der Waals surface area contributed by atoms with E-state index in [1.807, 2.05) is 0 Å². The summed E-state index contributed by atoms with van der Waals surface area (Å²) in [6.07, 6.45) is 2.18. The molecule has 0 aromatic heterocycles. The van der Waals surface area contributed by atoms with Crippen molar-refractivity contribution in [1.29, 1.82) is 0 Å². The van der Waals surface area contributed by atoms with Crippen LogP contribution in [0.25, 0.3) is 0 Å². The molecule has 0 aliphatic carbocycles. The number of nitrogens with one attached hydrogen (secondary N) is 1. The van der Waals surface area contributed by atoms with Crippen LogP contribution >= 0.6 is 23.2 Å². The highest BCUT2D eigenvalue weighted by Crippen LogP contribution is 2.20. The SMILES string of the molecule is CCOC(=O)/C=C/C(=O)NCc1ccc(Cl)cc1Cl. The first-order valence-corrected chi connectivity index (χ1v) is 6.35. The highest BCUT2D eigenvalue weighted by Gasteiger charge is 2.03. The van der Waals surface area contributed by atoms with Gasteiger partial charge in [0, 0.05) is 28.7 Å². The lowest BCUT2D eigenvalue weighted by Gasteiger charge is -2.05. The Hall–Kier alpha value is -1.52. The lowest BCUT2D eigenvalue weighted by atomic mass is 10.2. The Bertz CT molecular complexity index is 501. The van der Waals surface area contributed by atoms with Gasteiger partial charge in [0.1, 0.15) is 0 Å². The lowest BCUT2D eigenvalue weighted by Crippen LogP contribution is -2.20. The third-order valence-electron chi connectivity index (χ3n) is 2.13. The van der Waals surface area contributed by atoms with Crippen molar-refractivity contribution in [2.75, 3.05) is 6.61 Å². The molecule has 0 bridgehead atoms. The van der Waals surface area contributed by atoms with Gasteiger partial charge in [0.25, 0.3) is 0 Å². The minimum atomic E-state index is -0.554. The van der Waals surface area contributed by atoms with Crippen molar-refractivity contribution in [2.45, 2.75) is 13.5 Å². The average Bonchev–Trinajstić information content (AvgIpc) is 2.35. The van der Waals surface area contributed by atoms with Gasteiger partial charge in [-0.3, -0.25) is 4.79 Å². The molecule has 0 aliphatic heterocycles. The van der Waals surface area contributed by atoms with Crippen LogP contribution in [-0.4, -0.2) is 18.5 Å². The number of hydrogen-bond donors (Lipinski definition) is 1. The number of benzene rings is 1. The van der Waals surface area contributed by atoms with Crippen LogP contribution in [0.3, 0.4) is 0 Å². The zero-order chi connectivity index (χ0) is 14.3. The Labute approximate surface area is 121 Å². The maximum atomic E-state index is 11.4. The van der Waals surface area contributed by atoms with E-state index in [4.69, 9.17) is 23.2 Å². The van der Waals surface area contributed by atoms with Gasteiger partial charge in [0.15, 0.2) is 0 Å². The van der Waals surface area contributed by atoms with Crippen LogP contribution in [-0.2, 0) is 20.9 Å². The number of rotatable bonds is 5. The Morgan fingerprint density at radius 2 is 2.05 bits per heavy atom. The number of carbonyl (C=O) groups is 2. The second-order valence-corrected chi connectivity index (χ2v) is 4.38. The minimum Gasteiger partial charge on any atom is -0.463 e. The second-order valence-electron chi connectivity index (χ2n) is 3.54. The van der Waals surface area contributed by atoms with Gasteiger partial charge in [-0.1, -0.05) is 29.3 Å². The highest BCUT2D eigenvalue weighted by molar-refractivity contribution is 6.35. The van der Waals surface area contributed by atoms with E-state index in [2.05, 4.69) is 10.1 Å². The normalized spacial score (nSPS) is 10.5. The Morgan fingerprint density at radius 1 is 1.32 bits per heavy atom. The summed E-state index contributed by atoms with van der Waals surface area (Å²) in [4.78, 5) is 22.4. The van der Waals surface area contributed by atoms with Crippen LogP contribution in [0.5, 0.6) is 0 Å². The van der Waals surface area contributed by atoms with Crippen molar-refractivity contribution in [3.05, 3.63) is 46.0 Å². The first-order chi connectivity index (χ1) is 9.02. The zero-order valence-corrected chi connectivity index (χ0v) is 11.8. The van der Waals surface area contributed by atoms with Gasteiger partial charge in [-0.05, 0) is 24.6 Å². The first-order valence-electron chi connectivity index (χ1n) is 5.59. The molecule has 0 radical (unpaired) electrons. The maximum absolute atomic E-state index is 11.4. The smallest absolute Gasteiger partial charge is 0.330 e. The molecular weight excluding hydrogens is 289 g/mol. The summed E-state index contributed by atoms with van der Waals surface area (Å²) in [5, 5.41) is 3.60. The number of halogens is 2. The Balaban J connectivity index is 2.48. The van der Waals surface area contributed by atoms with Gasteiger partial charge >= 0.3 is 5.97 Å². The molecule has 1 N–H and O–H groups in total. The Morgan fingerprint density at radius 3 is 2.68 bits per heavy atom. The summed E-state index contributed by atoms with van der Waals surface area (Å²) in [7, 11) is 0. The van der Waals surface area contributed by atoms with Gasteiger partial charge < -0.3 is 10.1 Å². The summed E-state index contributed by atoms with van der Waals surface area (Å²) in [6.45, 7) is 2.21. The molecule has 0 saturated carbocycles. The van der Waals surface area contributed by atoms with Crippen LogP contribution in [0.2, 0.25) is 10.0 Å². The van der Waals surface area contributed by atoms with E-state index < -0.39 is 11.9 Å². The molecule has 0 atom stereocenters. The van der Waals surface area contributed by atoms with E-state index in [9.17, 15) is 9.59 Å². The number of amides is 1. The van der Waals surface area contributed by atoms with Crippen LogP contribution in [0.15, 0.2) is 30.4 Å². The molecule has 1 aromatic carbocycles. The van der Waals surface area contributed by atoms with Crippen LogP contribution in [0, 0.1) is 0 Å². The lowest BCUT2D eigenvalue weighted by molar-refractivity contribution is -0.137. The molecule has 102 valence electrons. The van der Waals surface area contributed by atoms with E-state index >= 15 is 0 Å². The topological polar surface area (TPSA) is 55.4 Å². The van der Waals surface area contributed by atoms with E-state index in [1.54, 1.807) is 25.1 Å². The van der Waals surface area contributed by atoms with Gasteiger partial charge in [0.05, 0.1) is 6.61 Å². The summed E-state index contributed by atoms with van der Waals surface area (Å²) in [5.41, 5.74) is 0.740. The molecule has 0 aliphatic rings. The fourth-order valence-corrected chi connectivity index (χ4v) is 1.72. The van der Waals surface area contributed by atoms with E-state index in [-0.39, 0.29) is 13.2 Å². The molecule has 6 heteroatoms. The second kappa shape index (κ2) is 7.81. The molecule has 4 nitrogen and oxygen atoms in total. The molecule has 0 heterocycles. The third kappa shape index (κ3) is 5.77. The van der Waals surface area contributed by atoms with E-state index in [1.165, 1.54) is 0 Å². The molecule has 0 unspecified atom stereocenters. The maximum Gasteiger partial charge on any atom is 0.330 e. The largest absolute Gasteiger partial charge is 0.463 e. The predicted octanol–water partition coefficient (Wildman–Crippen LogP) is 2.73. The minimum absolute atomic E-state index is 0.252. The molecule has 1 aromatic rings. The van der Waals surface area contributed by atoms with Gasteiger partial charge in [0.2, 0.25) is 5.91 Å². The van der Waals surface area contributed by atoms with Gasteiger partial charge in [-0.2, -0.15) is 0 Å². The monoisotopic (exact) mass is 301 g/mol. The van der Waals surface area contributed by atoms with Crippen molar-refractivity contribution >= 4 is 35.1 Å². The predicted molar refractivity (Wildman–Crippen MR) is 74.1 cm³/mol. The van der Waals surface area contributed by atoms with Crippen molar-refractivity contribution in [3.8, 4) is 0 Å². The highest BCUT2D eigenvalue weighted by atomic mass is 35.5. The van der Waals surface area contributed by atoms with Gasteiger partial charge in [-0.15, -0.1) is 0 Å². The number of hydrogen-bond acceptors (Lipinski definition) is 3. The number of ether oxygens (including phenoxy) is 1. The summed E-state index contributed by atoms with van der Waals surface area (Å²) < 4.78 is 4.65.